The number of nitrogens with one attached hydrogen (secondary N) is 1. The fourth-order valence-electron chi connectivity index (χ4n) is 2.00. The summed E-state index contributed by atoms with van der Waals surface area (Å²) in [5.74, 6) is 0. The zero-order valence-corrected chi connectivity index (χ0v) is 8.52. The summed E-state index contributed by atoms with van der Waals surface area (Å²) in [6, 6.07) is 0.895. The maximum Gasteiger partial charge on any atom is 0.0794 e. The molecular formula is C12H18N2. The van der Waals surface area contributed by atoms with Gasteiger partial charge in [-0.25, -0.2) is 0 Å². The average Bonchev–Trinajstić information content (AvgIpc) is 2.29. The van der Waals surface area contributed by atoms with Gasteiger partial charge >= 0.3 is 0 Å². The second kappa shape index (κ2) is 4.99. The van der Waals surface area contributed by atoms with Gasteiger partial charge in [-0.05, 0) is 25.1 Å². The van der Waals surface area contributed by atoms with Gasteiger partial charge in [0.2, 0.25) is 0 Å². The zero-order valence-electron chi connectivity index (χ0n) is 8.52. The largest absolute Gasteiger partial charge is 0.380 e. The molecule has 0 aromatic carbocycles. The molecule has 1 fully saturated rings. The average molecular weight is 190 g/mol. The Hall–Kier alpha value is -1.05. The summed E-state index contributed by atoms with van der Waals surface area (Å²) in [6.45, 7) is 0. The van der Waals surface area contributed by atoms with E-state index < -0.39 is 0 Å². The maximum atomic E-state index is 4.63. The first kappa shape index (κ1) is 9.50. The third-order valence-corrected chi connectivity index (χ3v) is 2.85. The Kier molecular flexibility index (Phi) is 3.39. The molecule has 1 aliphatic heterocycles. The Morgan fingerprint density at radius 3 is 2.71 bits per heavy atom. The number of hydrogen-bond donors (Lipinski definition) is 1. The number of dihydropyridines is 1. The topological polar surface area (TPSA) is 24.4 Å². The van der Waals surface area contributed by atoms with Crippen LogP contribution in [-0.2, 0) is 0 Å². The molecule has 2 heteroatoms. The van der Waals surface area contributed by atoms with Crippen LogP contribution in [0.25, 0.3) is 0 Å². The normalized spacial score (nSPS) is 28.1. The second-order valence-corrected chi connectivity index (χ2v) is 4.03. The van der Waals surface area contributed by atoms with E-state index in [9.17, 15) is 0 Å². The van der Waals surface area contributed by atoms with Gasteiger partial charge in [-0.1, -0.05) is 31.4 Å². The molecule has 1 saturated carbocycles. The number of hydrogen-bond acceptors (Lipinski definition) is 2. The Morgan fingerprint density at radius 2 is 2.00 bits per heavy atom. The van der Waals surface area contributed by atoms with Crippen molar-refractivity contribution in [2.24, 2.45) is 4.99 Å². The molecule has 0 saturated heterocycles. The predicted molar refractivity (Wildman–Crippen MR) is 60.6 cm³/mol. The van der Waals surface area contributed by atoms with Crippen LogP contribution in [0.4, 0.5) is 0 Å². The minimum absolute atomic E-state index is 0.307. The fourth-order valence-corrected chi connectivity index (χ4v) is 2.00. The van der Waals surface area contributed by atoms with E-state index in [0.717, 1.165) is 0 Å². The van der Waals surface area contributed by atoms with Crippen LogP contribution in [0.3, 0.4) is 0 Å². The lowest BCUT2D eigenvalue weighted by atomic mass is 9.96. The van der Waals surface area contributed by atoms with Gasteiger partial charge in [0.05, 0.1) is 6.04 Å². The van der Waals surface area contributed by atoms with Crippen molar-refractivity contribution >= 4 is 6.21 Å². The van der Waals surface area contributed by atoms with Crippen LogP contribution in [0.1, 0.15) is 32.1 Å². The van der Waals surface area contributed by atoms with Gasteiger partial charge in [0.25, 0.3) is 0 Å². The van der Waals surface area contributed by atoms with Crippen molar-refractivity contribution < 1.29 is 0 Å². The van der Waals surface area contributed by atoms with Crippen molar-refractivity contribution in [2.45, 2.75) is 44.2 Å². The monoisotopic (exact) mass is 190 g/mol. The molecule has 0 radical (unpaired) electrons. The number of aliphatic imine (C=N–C) groups is 1. The molecule has 0 bridgehead atoms. The number of nitrogens with zero attached hydrogens (tertiary/aromatic N) is 1. The lowest BCUT2D eigenvalue weighted by Crippen LogP contribution is -2.26. The molecule has 2 aliphatic rings. The van der Waals surface area contributed by atoms with Crippen molar-refractivity contribution in [3.8, 4) is 0 Å². The van der Waals surface area contributed by atoms with Crippen molar-refractivity contribution in [2.75, 3.05) is 0 Å². The highest BCUT2D eigenvalue weighted by Gasteiger charge is 2.11. The second-order valence-electron chi connectivity index (χ2n) is 4.03. The molecule has 2 nitrogen and oxygen atoms in total. The van der Waals surface area contributed by atoms with Crippen LogP contribution in [0.5, 0.6) is 0 Å². The molecule has 2 rings (SSSR count). The van der Waals surface area contributed by atoms with E-state index in [4.69, 9.17) is 0 Å². The smallest absolute Gasteiger partial charge is 0.0794 e. The molecule has 1 N–H and O–H groups in total. The van der Waals surface area contributed by atoms with E-state index in [1.165, 1.54) is 32.1 Å². The third-order valence-electron chi connectivity index (χ3n) is 2.85. The molecule has 1 aliphatic carbocycles. The summed E-state index contributed by atoms with van der Waals surface area (Å²) in [4.78, 5) is 4.63. The third kappa shape index (κ3) is 2.72. The fraction of sp³-hybridized carbons (Fsp3) is 0.583. The van der Waals surface area contributed by atoms with Gasteiger partial charge in [-0.3, -0.25) is 4.99 Å². The van der Waals surface area contributed by atoms with E-state index in [1.807, 2.05) is 12.3 Å². The van der Waals surface area contributed by atoms with Crippen LogP contribution in [0.2, 0.25) is 0 Å². The van der Waals surface area contributed by atoms with E-state index in [0.29, 0.717) is 12.1 Å². The minimum atomic E-state index is 0.307. The van der Waals surface area contributed by atoms with Crippen molar-refractivity contribution in [1.29, 1.82) is 0 Å². The first-order valence-corrected chi connectivity index (χ1v) is 5.58. The van der Waals surface area contributed by atoms with E-state index >= 15 is 0 Å². The molecule has 1 atom stereocenters. The molecular weight excluding hydrogens is 172 g/mol. The maximum absolute atomic E-state index is 4.63. The van der Waals surface area contributed by atoms with Crippen LogP contribution in [0.15, 0.2) is 29.4 Å². The van der Waals surface area contributed by atoms with E-state index in [1.54, 1.807) is 0 Å². The van der Waals surface area contributed by atoms with Crippen LogP contribution < -0.4 is 5.32 Å². The summed E-state index contributed by atoms with van der Waals surface area (Å²) < 4.78 is 0. The number of rotatable bonds is 2. The van der Waals surface area contributed by atoms with Crippen molar-refractivity contribution in [3.05, 3.63) is 24.4 Å². The highest BCUT2D eigenvalue weighted by atomic mass is 14.9. The van der Waals surface area contributed by atoms with Crippen molar-refractivity contribution in [3.63, 3.8) is 0 Å². The van der Waals surface area contributed by atoms with Gasteiger partial charge in [-0.2, -0.15) is 0 Å². The zero-order chi connectivity index (χ0) is 9.64. The summed E-state index contributed by atoms with van der Waals surface area (Å²) in [7, 11) is 0. The lowest BCUT2D eigenvalue weighted by molar-refractivity contribution is 0.443. The summed E-state index contributed by atoms with van der Waals surface area (Å²) in [5, 5.41) is 3.24. The summed E-state index contributed by atoms with van der Waals surface area (Å²) in [5.41, 5.74) is 0. The Morgan fingerprint density at radius 1 is 1.14 bits per heavy atom. The van der Waals surface area contributed by atoms with Crippen LogP contribution in [0, 0.1) is 0 Å². The summed E-state index contributed by atoms with van der Waals surface area (Å²) in [6.07, 6.45) is 16.9. The van der Waals surface area contributed by atoms with Crippen LogP contribution >= 0.6 is 0 Å². The standard InChI is InChI=1S/C12H18N2/c1-2-6-11(7-3-1)14-10-12-8-4-5-9-13-12/h4-5,8-13H,1-3,6-7H2. The van der Waals surface area contributed by atoms with E-state index in [2.05, 4.69) is 28.7 Å². The van der Waals surface area contributed by atoms with Gasteiger partial charge < -0.3 is 5.32 Å². The van der Waals surface area contributed by atoms with Gasteiger partial charge in [-0.15, -0.1) is 0 Å². The molecule has 0 spiro atoms. The molecule has 0 aromatic heterocycles. The molecule has 1 heterocycles. The molecule has 1 unspecified atom stereocenters. The lowest BCUT2D eigenvalue weighted by Gasteiger charge is -2.18. The van der Waals surface area contributed by atoms with Gasteiger partial charge in [0.1, 0.15) is 0 Å². The molecule has 0 amide bonds. The highest BCUT2D eigenvalue weighted by molar-refractivity contribution is 5.68. The van der Waals surface area contributed by atoms with Crippen LogP contribution in [-0.4, -0.2) is 18.3 Å². The quantitative estimate of drug-likeness (QED) is 0.664. The van der Waals surface area contributed by atoms with Crippen molar-refractivity contribution in [1.82, 2.24) is 5.32 Å². The molecule has 76 valence electrons. The van der Waals surface area contributed by atoms with Gasteiger partial charge in [0, 0.05) is 12.3 Å². The SMILES string of the molecule is C1=CNC(C=NC2CCCCC2)C=C1. The highest BCUT2D eigenvalue weighted by Crippen LogP contribution is 2.19. The Balaban J connectivity index is 1.80. The Labute approximate surface area is 85.8 Å². The molecule has 14 heavy (non-hydrogen) atoms. The Bertz CT molecular complexity index is 247. The summed E-state index contributed by atoms with van der Waals surface area (Å²) >= 11 is 0. The number of allylic oxidation sites excluding steroid dienone is 2. The van der Waals surface area contributed by atoms with E-state index in [-0.39, 0.29) is 0 Å². The predicted octanol–water partition coefficient (Wildman–Crippen LogP) is 2.43. The first-order valence-electron chi connectivity index (χ1n) is 5.58. The minimum Gasteiger partial charge on any atom is -0.380 e. The van der Waals surface area contributed by atoms with Gasteiger partial charge in [0.15, 0.2) is 0 Å². The molecule has 0 aromatic rings. The first-order chi connectivity index (χ1) is 6.95.